The Morgan fingerprint density at radius 3 is 2.50 bits per heavy atom. The first-order valence-corrected chi connectivity index (χ1v) is 9.43. The van der Waals surface area contributed by atoms with E-state index in [1.54, 1.807) is 12.1 Å². The Labute approximate surface area is 159 Å². The second kappa shape index (κ2) is 6.58. The molecular weight excluding hydrogens is 386 g/mol. The molecule has 11 nitrogen and oxygen atoms in total. The number of ether oxygens (including phenoxy) is 1. The van der Waals surface area contributed by atoms with Gasteiger partial charge in [0.25, 0.3) is 5.78 Å². The highest BCUT2D eigenvalue weighted by atomic mass is 32.2. The van der Waals surface area contributed by atoms with Crippen molar-refractivity contribution in [2.24, 2.45) is 0 Å². The van der Waals surface area contributed by atoms with Gasteiger partial charge >= 0.3 is 6.01 Å². The fourth-order valence-electron chi connectivity index (χ4n) is 2.34. The number of nitrogen functional groups attached to an aromatic ring is 1. The summed E-state index contributed by atoms with van der Waals surface area (Å²) in [5.41, 5.74) is 5.91. The topological polar surface area (TPSA) is 142 Å². The first-order chi connectivity index (χ1) is 13.3. The SMILES string of the molecule is CN(C)S(=O)(=O)c1ccc(Oc2nc(N)n3nc(-c4ccco4)nc3n2)cc1. The van der Waals surface area contributed by atoms with Crippen molar-refractivity contribution in [1.29, 1.82) is 0 Å². The number of hydrogen-bond donors (Lipinski definition) is 1. The van der Waals surface area contributed by atoms with Crippen molar-refractivity contribution in [2.75, 3.05) is 19.8 Å². The monoisotopic (exact) mass is 401 g/mol. The normalized spacial score (nSPS) is 12.0. The molecular formula is C16H15N7O4S. The van der Waals surface area contributed by atoms with E-state index < -0.39 is 10.0 Å². The van der Waals surface area contributed by atoms with Gasteiger partial charge < -0.3 is 14.9 Å². The summed E-state index contributed by atoms with van der Waals surface area (Å²) in [6.07, 6.45) is 1.50. The van der Waals surface area contributed by atoms with Crippen LogP contribution >= 0.6 is 0 Å². The fraction of sp³-hybridized carbons (Fsp3) is 0.125. The van der Waals surface area contributed by atoms with Gasteiger partial charge in [-0.25, -0.2) is 12.7 Å². The van der Waals surface area contributed by atoms with E-state index in [0.29, 0.717) is 17.3 Å². The van der Waals surface area contributed by atoms with Gasteiger partial charge in [0, 0.05) is 14.1 Å². The summed E-state index contributed by atoms with van der Waals surface area (Å²) in [5, 5.41) is 4.19. The van der Waals surface area contributed by atoms with E-state index in [1.165, 1.54) is 49.1 Å². The third kappa shape index (κ3) is 3.14. The van der Waals surface area contributed by atoms with E-state index >= 15 is 0 Å². The summed E-state index contributed by atoms with van der Waals surface area (Å²) >= 11 is 0. The van der Waals surface area contributed by atoms with Crippen LogP contribution in [0.1, 0.15) is 0 Å². The van der Waals surface area contributed by atoms with Gasteiger partial charge in [-0.15, -0.1) is 5.10 Å². The largest absolute Gasteiger partial charge is 0.461 e. The predicted octanol–water partition coefficient (Wildman–Crippen LogP) is 1.40. The number of nitrogens with two attached hydrogens (primary N) is 1. The van der Waals surface area contributed by atoms with Crippen LogP contribution in [0.2, 0.25) is 0 Å². The van der Waals surface area contributed by atoms with Crippen molar-refractivity contribution in [1.82, 2.24) is 28.9 Å². The number of anilines is 1. The lowest BCUT2D eigenvalue weighted by Gasteiger charge is -2.11. The highest BCUT2D eigenvalue weighted by Crippen LogP contribution is 2.23. The Balaban J connectivity index is 1.63. The smallest absolute Gasteiger partial charge is 0.328 e. The molecule has 12 heteroatoms. The number of hydrogen-bond acceptors (Lipinski definition) is 9. The molecule has 0 unspecified atom stereocenters. The molecule has 4 aromatic rings. The molecule has 28 heavy (non-hydrogen) atoms. The van der Waals surface area contributed by atoms with Gasteiger partial charge in [0.2, 0.25) is 21.8 Å². The van der Waals surface area contributed by atoms with Gasteiger partial charge in [0.15, 0.2) is 5.76 Å². The Hall–Kier alpha value is -3.51. The summed E-state index contributed by atoms with van der Waals surface area (Å²) in [4.78, 5) is 12.6. The molecule has 0 radical (unpaired) electrons. The van der Waals surface area contributed by atoms with E-state index in [0.717, 1.165) is 4.31 Å². The zero-order valence-corrected chi connectivity index (χ0v) is 15.7. The van der Waals surface area contributed by atoms with Crippen molar-refractivity contribution in [2.45, 2.75) is 4.90 Å². The lowest BCUT2D eigenvalue weighted by Crippen LogP contribution is -2.22. The minimum absolute atomic E-state index is 0.0251. The quantitative estimate of drug-likeness (QED) is 0.525. The van der Waals surface area contributed by atoms with Gasteiger partial charge in [0.05, 0.1) is 11.2 Å². The maximum absolute atomic E-state index is 12.1. The second-order valence-electron chi connectivity index (χ2n) is 5.85. The molecule has 0 atom stereocenters. The van der Waals surface area contributed by atoms with E-state index in [4.69, 9.17) is 14.9 Å². The van der Waals surface area contributed by atoms with Crippen LogP contribution in [0.3, 0.4) is 0 Å². The molecule has 0 saturated carbocycles. The van der Waals surface area contributed by atoms with Crippen LogP contribution < -0.4 is 10.5 Å². The molecule has 0 aliphatic carbocycles. The van der Waals surface area contributed by atoms with Gasteiger partial charge in [-0.2, -0.15) is 19.5 Å². The number of fused-ring (bicyclic) bond motifs is 1. The van der Waals surface area contributed by atoms with Crippen LogP contribution in [-0.2, 0) is 10.0 Å². The number of sulfonamides is 1. The molecule has 0 fully saturated rings. The zero-order valence-electron chi connectivity index (χ0n) is 14.8. The molecule has 0 aliphatic rings. The molecule has 0 bridgehead atoms. The lowest BCUT2D eigenvalue weighted by molar-refractivity contribution is 0.441. The number of aromatic nitrogens is 5. The number of benzene rings is 1. The molecule has 0 saturated heterocycles. The Bertz CT molecular complexity index is 1230. The molecule has 0 aliphatic heterocycles. The first kappa shape index (κ1) is 17.9. The average Bonchev–Trinajstić information content (AvgIpc) is 3.31. The Kier molecular flexibility index (Phi) is 4.20. The van der Waals surface area contributed by atoms with Crippen LogP contribution in [-0.4, -0.2) is 51.4 Å². The molecule has 4 rings (SSSR count). The zero-order chi connectivity index (χ0) is 19.9. The highest BCUT2D eigenvalue weighted by Gasteiger charge is 2.18. The van der Waals surface area contributed by atoms with E-state index in [2.05, 4.69) is 20.1 Å². The third-order valence-electron chi connectivity index (χ3n) is 3.77. The Morgan fingerprint density at radius 2 is 1.86 bits per heavy atom. The van der Waals surface area contributed by atoms with Crippen LogP contribution in [0.5, 0.6) is 11.8 Å². The Morgan fingerprint density at radius 1 is 1.11 bits per heavy atom. The van der Waals surface area contributed by atoms with Crippen molar-refractivity contribution in [3.05, 3.63) is 42.7 Å². The maximum Gasteiger partial charge on any atom is 0.328 e. The average molecular weight is 401 g/mol. The highest BCUT2D eigenvalue weighted by molar-refractivity contribution is 7.89. The van der Waals surface area contributed by atoms with Gasteiger partial charge in [-0.05, 0) is 36.4 Å². The number of nitrogens with zero attached hydrogens (tertiary/aromatic N) is 6. The molecule has 2 N–H and O–H groups in total. The van der Waals surface area contributed by atoms with E-state index in [-0.39, 0.29) is 22.6 Å². The molecule has 1 aromatic carbocycles. The van der Waals surface area contributed by atoms with Crippen molar-refractivity contribution in [3.8, 4) is 23.3 Å². The van der Waals surface area contributed by atoms with E-state index in [9.17, 15) is 8.42 Å². The summed E-state index contributed by atoms with van der Waals surface area (Å²) in [5.74, 6) is 1.32. The predicted molar refractivity (Wildman–Crippen MR) is 98.1 cm³/mol. The van der Waals surface area contributed by atoms with Crippen LogP contribution in [0.15, 0.2) is 52.0 Å². The second-order valence-corrected chi connectivity index (χ2v) is 8.00. The number of rotatable bonds is 5. The summed E-state index contributed by atoms with van der Waals surface area (Å²) in [7, 11) is -0.606. The van der Waals surface area contributed by atoms with Gasteiger partial charge in [-0.1, -0.05) is 0 Å². The molecule has 144 valence electrons. The van der Waals surface area contributed by atoms with Crippen LogP contribution in [0.4, 0.5) is 5.95 Å². The first-order valence-electron chi connectivity index (χ1n) is 7.99. The van der Waals surface area contributed by atoms with Crippen LogP contribution in [0.25, 0.3) is 17.4 Å². The summed E-state index contributed by atoms with van der Waals surface area (Å²) < 4.78 is 37.4. The summed E-state index contributed by atoms with van der Waals surface area (Å²) in [6, 6.07) is 9.23. The lowest BCUT2D eigenvalue weighted by atomic mass is 10.3. The standard InChI is InChI=1S/C16H15N7O4S/c1-22(2)28(24,25)11-7-5-10(6-8-11)27-16-19-14(17)23-15(20-16)18-13(21-23)12-4-3-9-26-12/h3-9H,1-2H3,(H2,17,18,19,20,21). The summed E-state index contributed by atoms with van der Waals surface area (Å²) in [6.45, 7) is 0. The van der Waals surface area contributed by atoms with Gasteiger partial charge in [-0.3, -0.25) is 0 Å². The van der Waals surface area contributed by atoms with Gasteiger partial charge in [0.1, 0.15) is 5.75 Å². The third-order valence-corrected chi connectivity index (χ3v) is 5.60. The van der Waals surface area contributed by atoms with E-state index in [1.807, 2.05) is 0 Å². The molecule has 3 aromatic heterocycles. The van der Waals surface area contributed by atoms with Crippen molar-refractivity contribution in [3.63, 3.8) is 0 Å². The molecule has 0 spiro atoms. The fourth-order valence-corrected chi connectivity index (χ4v) is 3.24. The minimum atomic E-state index is -3.52. The molecule has 0 amide bonds. The van der Waals surface area contributed by atoms with Crippen LogP contribution in [0, 0.1) is 0 Å². The number of furan rings is 1. The molecule has 3 heterocycles. The van der Waals surface area contributed by atoms with Crippen molar-refractivity contribution < 1.29 is 17.6 Å². The minimum Gasteiger partial charge on any atom is -0.461 e. The maximum atomic E-state index is 12.1. The van der Waals surface area contributed by atoms with Crippen molar-refractivity contribution >= 4 is 21.7 Å².